The summed E-state index contributed by atoms with van der Waals surface area (Å²) in [5, 5.41) is 20.2. The van der Waals surface area contributed by atoms with Gasteiger partial charge in [0.15, 0.2) is 0 Å². The molecule has 0 atom stereocenters. The summed E-state index contributed by atoms with van der Waals surface area (Å²) in [6.07, 6.45) is 3.26. The SMILES string of the molecule is C1CCOC1.N#Cc1c(SCC2COC2)nc(N2CC(F)C2)c(C#N)c1-c1ccccn1. The predicted octanol–water partition coefficient (Wildman–Crippen LogP) is 3.58. The monoisotopic (exact) mass is 453 g/mol. The van der Waals surface area contributed by atoms with Crippen LogP contribution in [0, 0.1) is 28.6 Å². The molecule has 3 aliphatic rings. The van der Waals surface area contributed by atoms with E-state index in [-0.39, 0.29) is 18.7 Å². The summed E-state index contributed by atoms with van der Waals surface area (Å²) in [4.78, 5) is 10.7. The highest BCUT2D eigenvalue weighted by Gasteiger charge is 2.33. The number of rotatable bonds is 5. The Morgan fingerprint density at radius 1 is 1.09 bits per heavy atom. The second-order valence-corrected chi connectivity index (χ2v) is 8.85. The van der Waals surface area contributed by atoms with E-state index < -0.39 is 6.17 Å². The molecule has 0 unspecified atom stereocenters. The van der Waals surface area contributed by atoms with Crippen molar-refractivity contribution in [1.82, 2.24) is 9.97 Å². The van der Waals surface area contributed by atoms with Crippen LogP contribution in [0.15, 0.2) is 29.4 Å². The van der Waals surface area contributed by atoms with Crippen molar-refractivity contribution in [2.45, 2.75) is 24.0 Å². The Hall–Kier alpha value is -2.72. The van der Waals surface area contributed by atoms with Gasteiger partial charge in [-0.1, -0.05) is 6.07 Å². The van der Waals surface area contributed by atoms with Gasteiger partial charge in [0.1, 0.15) is 34.7 Å². The summed E-state index contributed by atoms with van der Waals surface area (Å²) < 4.78 is 23.6. The van der Waals surface area contributed by atoms with Crippen LogP contribution in [-0.2, 0) is 9.47 Å². The average Bonchev–Trinajstić information content (AvgIpc) is 3.36. The van der Waals surface area contributed by atoms with Crippen LogP contribution in [-0.4, -0.2) is 61.4 Å². The lowest BCUT2D eigenvalue weighted by atomic mass is 9.99. The highest BCUT2D eigenvalue weighted by atomic mass is 32.2. The first-order valence-electron chi connectivity index (χ1n) is 10.7. The Morgan fingerprint density at radius 3 is 2.34 bits per heavy atom. The molecule has 0 aromatic carbocycles. The maximum absolute atomic E-state index is 13.4. The van der Waals surface area contributed by atoms with Crippen LogP contribution in [0.4, 0.5) is 10.2 Å². The van der Waals surface area contributed by atoms with Crippen molar-refractivity contribution in [1.29, 1.82) is 10.5 Å². The fourth-order valence-electron chi connectivity index (χ4n) is 3.55. The first-order valence-corrected chi connectivity index (χ1v) is 11.7. The van der Waals surface area contributed by atoms with Gasteiger partial charge in [0, 0.05) is 36.6 Å². The number of nitrogens with zero attached hydrogens (tertiary/aromatic N) is 5. The van der Waals surface area contributed by atoms with E-state index in [9.17, 15) is 14.9 Å². The van der Waals surface area contributed by atoms with E-state index in [1.54, 1.807) is 23.2 Å². The number of hydrogen-bond acceptors (Lipinski definition) is 8. The molecule has 0 bridgehead atoms. The molecule has 2 aromatic rings. The maximum atomic E-state index is 13.4. The van der Waals surface area contributed by atoms with Crippen LogP contribution < -0.4 is 4.90 Å². The number of alkyl halides is 1. The zero-order valence-corrected chi connectivity index (χ0v) is 18.5. The van der Waals surface area contributed by atoms with Crippen molar-refractivity contribution in [2.75, 3.05) is 50.2 Å². The lowest BCUT2D eigenvalue weighted by molar-refractivity contribution is -0.0196. The van der Waals surface area contributed by atoms with Gasteiger partial charge in [-0.3, -0.25) is 4.98 Å². The van der Waals surface area contributed by atoms with Crippen LogP contribution in [0.3, 0.4) is 0 Å². The van der Waals surface area contributed by atoms with E-state index in [1.807, 2.05) is 6.07 Å². The van der Waals surface area contributed by atoms with Crippen molar-refractivity contribution in [2.24, 2.45) is 5.92 Å². The summed E-state index contributed by atoms with van der Waals surface area (Å²) in [6, 6.07) is 9.73. The molecule has 0 spiro atoms. The molecule has 0 radical (unpaired) electrons. The number of halogens is 1. The third-order valence-electron chi connectivity index (χ3n) is 5.42. The summed E-state index contributed by atoms with van der Waals surface area (Å²) in [5.41, 5.74) is 1.63. The largest absolute Gasteiger partial charge is 0.381 e. The molecule has 5 heterocycles. The maximum Gasteiger partial charge on any atom is 0.148 e. The van der Waals surface area contributed by atoms with Crippen molar-refractivity contribution in [3.63, 3.8) is 0 Å². The van der Waals surface area contributed by atoms with E-state index in [2.05, 4.69) is 22.1 Å². The quantitative estimate of drug-likeness (QED) is 0.634. The average molecular weight is 454 g/mol. The normalized spacial score (nSPS) is 18.0. The van der Waals surface area contributed by atoms with Gasteiger partial charge in [-0.2, -0.15) is 10.5 Å². The number of hydrogen-bond donors (Lipinski definition) is 0. The Kier molecular flexibility index (Phi) is 7.54. The Labute approximate surface area is 191 Å². The van der Waals surface area contributed by atoms with Crippen molar-refractivity contribution in [3.8, 4) is 23.4 Å². The minimum Gasteiger partial charge on any atom is -0.381 e. The number of aromatic nitrogens is 2. The molecule has 3 saturated heterocycles. The van der Waals surface area contributed by atoms with Crippen molar-refractivity contribution < 1.29 is 13.9 Å². The number of anilines is 1. The zero-order valence-electron chi connectivity index (χ0n) is 17.7. The van der Waals surface area contributed by atoms with Gasteiger partial charge >= 0.3 is 0 Å². The van der Waals surface area contributed by atoms with E-state index in [0.29, 0.717) is 46.8 Å². The molecule has 7 nitrogen and oxygen atoms in total. The highest BCUT2D eigenvalue weighted by molar-refractivity contribution is 7.99. The molecule has 0 N–H and O–H groups in total. The second-order valence-electron chi connectivity index (χ2n) is 7.84. The van der Waals surface area contributed by atoms with Gasteiger partial charge in [-0.05, 0) is 25.0 Å². The molecule has 3 aliphatic heterocycles. The first kappa shape index (κ1) is 22.5. The molecule has 0 amide bonds. The van der Waals surface area contributed by atoms with Gasteiger partial charge in [0.05, 0.1) is 37.6 Å². The van der Waals surface area contributed by atoms with Crippen LogP contribution in [0.5, 0.6) is 0 Å². The van der Waals surface area contributed by atoms with Crippen molar-refractivity contribution >= 4 is 17.6 Å². The minimum absolute atomic E-state index is 0.204. The topological polar surface area (TPSA) is 95.1 Å². The summed E-state index contributed by atoms with van der Waals surface area (Å²) in [5.74, 6) is 1.64. The Balaban J connectivity index is 0.000000433. The molecular weight excluding hydrogens is 429 g/mol. The number of ether oxygens (including phenoxy) is 2. The highest BCUT2D eigenvalue weighted by Crippen LogP contribution is 2.39. The fourth-order valence-corrected chi connectivity index (χ4v) is 4.58. The third kappa shape index (κ3) is 5.02. The lowest BCUT2D eigenvalue weighted by Crippen LogP contribution is -2.49. The van der Waals surface area contributed by atoms with Gasteiger partial charge in [-0.25, -0.2) is 9.37 Å². The molecule has 0 saturated carbocycles. The lowest BCUT2D eigenvalue weighted by Gasteiger charge is -2.36. The van der Waals surface area contributed by atoms with Gasteiger partial charge < -0.3 is 14.4 Å². The molecule has 3 fully saturated rings. The Morgan fingerprint density at radius 2 is 1.84 bits per heavy atom. The van der Waals surface area contributed by atoms with Gasteiger partial charge in [0.2, 0.25) is 0 Å². The Bertz CT molecular complexity index is 1000. The zero-order chi connectivity index (χ0) is 22.3. The van der Waals surface area contributed by atoms with Crippen LogP contribution in [0.1, 0.15) is 24.0 Å². The smallest absolute Gasteiger partial charge is 0.148 e. The van der Waals surface area contributed by atoms with Gasteiger partial charge in [-0.15, -0.1) is 11.8 Å². The van der Waals surface area contributed by atoms with Crippen molar-refractivity contribution in [3.05, 3.63) is 35.5 Å². The molecule has 9 heteroatoms. The fraction of sp³-hybridized carbons (Fsp3) is 0.478. The molecule has 166 valence electrons. The number of pyridine rings is 2. The molecule has 0 aliphatic carbocycles. The first-order chi connectivity index (χ1) is 15.7. The molecule has 5 rings (SSSR count). The molecular formula is C23H24FN5O2S. The molecule has 2 aromatic heterocycles. The van der Waals surface area contributed by atoms with Crippen LogP contribution in [0.25, 0.3) is 11.3 Å². The van der Waals surface area contributed by atoms with Crippen LogP contribution >= 0.6 is 11.8 Å². The van der Waals surface area contributed by atoms with E-state index >= 15 is 0 Å². The summed E-state index contributed by atoms with van der Waals surface area (Å²) >= 11 is 1.48. The predicted molar refractivity (Wildman–Crippen MR) is 119 cm³/mol. The number of nitriles is 2. The van der Waals surface area contributed by atoms with E-state index in [1.165, 1.54) is 24.6 Å². The third-order valence-corrected chi connectivity index (χ3v) is 6.62. The second kappa shape index (κ2) is 10.7. The minimum atomic E-state index is -0.921. The summed E-state index contributed by atoms with van der Waals surface area (Å²) in [7, 11) is 0. The van der Waals surface area contributed by atoms with Crippen LogP contribution in [0.2, 0.25) is 0 Å². The standard InChI is InChI=1S/C19H16FN5OS.C4H8O/c20-13-7-25(8-13)18-14(5-21)17(16-3-1-2-4-23-16)15(6-22)19(24-18)27-11-12-9-26-10-12;1-2-4-5-3-1/h1-4,12-13H,7-11H2;1-4H2. The number of thioether (sulfide) groups is 1. The van der Waals surface area contributed by atoms with E-state index in [0.717, 1.165) is 19.0 Å². The van der Waals surface area contributed by atoms with Gasteiger partial charge in [0.25, 0.3) is 0 Å². The summed E-state index contributed by atoms with van der Waals surface area (Å²) in [6.45, 7) is 3.83. The van der Waals surface area contributed by atoms with E-state index in [4.69, 9.17) is 9.47 Å². The molecule has 32 heavy (non-hydrogen) atoms.